The van der Waals surface area contributed by atoms with E-state index in [1.165, 1.54) is 15.9 Å². The fraction of sp³-hybridized carbons (Fsp3) is 0.265. The number of benzene rings is 3. The summed E-state index contributed by atoms with van der Waals surface area (Å²) in [6.07, 6.45) is 1.77. The molecule has 46 heavy (non-hydrogen) atoms. The molecule has 0 bridgehead atoms. The molecule has 0 fully saturated rings. The van der Waals surface area contributed by atoms with Crippen molar-refractivity contribution in [1.29, 1.82) is 0 Å². The van der Waals surface area contributed by atoms with E-state index in [4.69, 9.17) is 23.7 Å². The Hall–Kier alpha value is -3.87. The van der Waals surface area contributed by atoms with Crippen LogP contribution in [0.5, 0.6) is 23.0 Å². The largest absolute Gasteiger partial charge is 0.493 e. The van der Waals surface area contributed by atoms with Gasteiger partial charge in [0.05, 0.1) is 49.3 Å². The van der Waals surface area contributed by atoms with E-state index in [-0.39, 0.29) is 17.7 Å². The summed E-state index contributed by atoms with van der Waals surface area (Å²) in [6, 6.07) is 16.2. The standard InChI is InChI=1S/C34H32Br2N2O7S/c1-6-43-27-17-24(36)22(15-26(27)42-5)31-30(33(40)44-7-2)19(3)37-34-38(31)32(39)29(46-34)14-21-13-25(41-4)28(16-23(21)35)45-18-20-11-9-8-10-12-20/h8-17,31H,6-7,18H2,1-5H3/b29-14+/t31-/m1/s1. The zero-order valence-electron chi connectivity index (χ0n) is 25.9. The van der Waals surface area contributed by atoms with Crippen molar-refractivity contribution >= 4 is 55.2 Å². The molecule has 0 N–H and O–H groups in total. The van der Waals surface area contributed by atoms with E-state index in [0.717, 1.165) is 5.56 Å². The molecule has 0 saturated heterocycles. The minimum Gasteiger partial charge on any atom is -0.493 e. The van der Waals surface area contributed by atoms with Crippen LogP contribution in [0.2, 0.25) is 0 Å². The predicted octanol–water partition coefficient (Wildman–Crippen LogP) is 6.32. The summed E-state index contributed by atoms with van der Waals surface area (Å²) in [5.41, 5.74) is 2.74. The first-order chi connectivity index (χ1) is 22.2. The van der Waals surface area contributed by atoms with Crippen molar-refractivity contribution in [3.63, 3.8) is 0 Å². The third-order valence-corrected chi connectivity index (χ3v) is 9.56. The average Bonchev–Trinajstić information content (AvgIpc) is 3.35. The maximum atomic E-state index is 14.2. The third kappa shape index (κ3) is 6.79. The number of carbonyl (C=O) groups is 1. The molecule has 5 rings (SSSR count). The van der Waals surface area contributed by atoms with Crippen LogP contribution in [0.4, 0.5) is 0 Å². The van der Waals surface area contributed by atoms with Crippen molar-refractivity contribution in [2.75, 3.05) is 27.4 Å². The van der Waals surface area contributed by atoms with Gasteiger partial charge in [0.1, 0.15) is 6.61 Å². The molecular formula is C34H32Br2N2O7S. The second-order valence-corrected chi connectivity index (χ2v) is 12.8. The summed E-state index contributed by atoms with van der Waals surface area (Å²) < 4.78 is 31.8. The lowest BCUT2D eigenvalue weighted by atomic mass is 9.95. The lowest BCUT2D eigenvalue weighted by Crippen LogP contribution is -2.40. The van der Waals surface area contributed by atoms with Gasteiger partial charge in [0.25, 0.3) is 5.56 Å². The van der Waals surface area contributed by atoms with Crippen molar-refractivity contribution in [1.82, 2.24) is 4.57 Å². The summed E-state index contributed by atoms with van der Waals surface area (Å²) in [4.78, 5) is 32.7. The van der Waals surface area contributed by atoms with Crippen LogP contribution >= 0.6 is 43.2 Å². The van der Waals surface area contributed by atoms with Crippen LogP contribution in [-0.2, 0) is 16.1 Å². The zero-order valence-corrected chi connectivity index (χ0v) is 29.9. The first kappa shape index (κ1) is 33.5. The highest BCUT2D eigenvalue weighted by Gasteiger charge is 2.35. The second kappa shape index (κ2) is 14.7. The number of methoxy groups -OCH3 is 2. The molecule has 3 aromatic carbocycles. The zero-order chi connectivity index (χ0) is 33.0. The highest BCUT2D eigenvalue weighted by atomic mass is 79.9. The lowest BCUT2D eigenvalue weighted by Gasteiger charge is -2.26. The lowest BCUT2D eigenvalue weighted by molar-refractivity contribution is -0.139. The van der Waals surface area contributed by atoms with Gasteiger partial charge in [-0.3, -0.25) is 9.36 Å². The summed E-state index contributed by atoms with van der Waals surface area (Å²) in [5, 5.41) is 0. The minimum atomic E-state index is -0.844. The number of fused-ring (bicyclic) bond motifs is 1. The van der Waals surface area contributed by atoms with Crippen LogP contribution in [0, 0.1) is 0 Å². The number of ether oxygens (including phenoxy) is 5. The molecule has 1 atom stereocenters. The minimum absolute atomic E-state index is 0.168. The number of esters is 1. The van der Waals surface area contributed by atoms with Crippen molar-refractivity contribution < 1.29 is 28.5 Å². The molecule has 0 radical (unpaired) electrons. The van der Waals surface area contributed by atoms with Gasteiger partial charge in [0.15, 0.2) is 27.8 Å². The smallest absolute Gasteiger partial charge is 0.338 e. The van der Waals surface area contributed by atoms with Crippen LogP contribution in [0.15, 0.2) is 84.6 Å². The van der Waals surface area contributed by atoms with E-state index < -0.39 is 12.0 Å². The number of hydrogen-bond acceptors (Lipinski definition) is 9. The van der Waals surface area contributed by atoms with E-state index >= 15 is 0 Å². The van der Waals surface area contributed by atoms with Gasteiger partial charge in [0, 0.05) is 8.95 Å². The van der Waals surface area contributed by atoms with Crippen LogP contribution in [0.1, 0.15) is 43.5 Å². The predicted molar refractivity (Wildman–Crippen MR) is 184 cm³/mol. The van der Waals surface area contributed by atoms with E-state index in [2.05, 4.69) is 36.9 Å². The van der Waals surface area contributed by atoms with Crippen molar-refractivity contribution in [2.45, 2.75) is 33.4 Å². The normalized spacial score (nSPS) is 14.4. The third-order valence-electron chi connectivity index (χ3n) is 7.20. The van der Waals surface area contributed by atoms with E-state index in [0.29, 0.717) is 71.3 Å². The topological polar surface area (TPSA) is 97.6 Å². The van der Waals surface area contributed by atoms with Gasteiger partial charge in [-0.25, -0.2) is 9.79 Å². The molecule has 1 aliphatic rings. The summed E-state index contributed by atoms with van der Waals surface area (Å²) in [5.74, 6) is 1.51. The monoisotopic (exact) mass is 770 g/mol. The highest BCUT2D eigenvalue weighted by molar-refractivity contribution is 9.10. The summed E-state index contributed by atoms with van der Waals surface area (Å²) in [7, 11) is 3.11. The van der Waals surface area contributed by atoms with Gasteiger partial charge in [-0.1, -0.05) is 73.5 Å². The number of allylic oxidation sites excluding steroid dienone is 1. The molecular weight excluding hydrogens is 740 g/mol. The van der Waals surface area contributed by atoms with Crippen LogP contribution in [0.3, 0.4) is 0 Å². The fourth-order valence-corrected chi connectivity index (χ4v) is 7.10. The molecule has 0 spiro atoms. The SMILES string of the molecule is CCOC(=O)C1=C(C)N=c2s/c(=C/c3cc(OC)c(OCc4ccccc4)cc3Br)c(=O)n2[C@@H]1c1cc(OC)c(OCC)cc1Br. The van der Waals surface area contributed by atoms with Gasteiger partial charge < -0.3 is 23.7 Å². The van der Waals surface area contributed by atoms with Crippen molar-refractivity contribution in [2.24, 2.45) is 4.99 Å². The number of nitrogens with zero attached hydrogens (tertiary/aromatic N) is 2. The van der Waals surface area contributed by atoms with E-state index in [1.54, 1.807) is 46.3 Å². The Kier molecular flexibility index (Phi) is 10.7. The average molecular weight is 773 g/mol. The Morgan fingerprint density at radius 3 is 2.28 bits per heavy atom. The number of carbonyl (C=O) groups excluding carboxylic acids is 1. The first-order valence-corrected chi connectivity index (χ1v) is 16.8. The molecule has 0 saturated carbocycles. The molecule has 12 heteroatoms. The van der Waals surface area contributed by atoms with Crippen molar-refractivity contribution in [3.05, 3.63) is 111 Å². The molecule has 1 aliphatic heterocycles. The highest BCUT2D eigenvalue weighted by Crippen LogP contribution is 2.41. The van der Waals surface area contributed by atoms with Gasteiger partial charge in [0.2, 0.25) is 0 Å². The molecule has 0 unspecified atom stereocenters. The molecule has 2 heterocycles. The van der Waals surface area contributed by atoms with Gasteiger partial charge >= 0.3 is 5.97 Å². The maximum Gasteiger partial charge on any atom is 0.338 e. The number of rotatable bonds is 11. The number of thiazole rings is 1. The van der Waals surface area contributed by atoms with E-state index in [1.807, 2.05) is 49.4 Å². The number of halogens is 2. The Morgan fingerprint density at radius 1 is 0.935 bits per heavy atom. The van der Waals surface area contributed by atoms with Crippen LogP contribution < -0.4 is 33.8 Å². The molecule has 9 nitrogen and oxygen atoms in total. The molecule has 240 valence electrons. The quantitative estimate of drug-likeness (QED) is 0.165. The Morgan fingerprint density at radius 2 is 1.61 bits per heavy atom. The molecule has 0 amide bonds. The van der Waals surface area contributed by atoms with Crippen molar-refractivity contribution in [3.8, 4) is 23.0 Å². The first-order valence-electron chi connectivity index (χ1n) is 14.4. The summed E-state index contributed by atoms with van der Waals surface area (Å²) in [6.45, 7) is 6.33. The van der Waals surface area contributed by atoms with Crippen LogP contribution in [0.25, 0.3) is 6.08 Å². The fourth-order valence-electron chi connectivity index (χ4n) is 5.08. The molecule has 1 aromatic heterocycles. The van der Waals surface area contributed by atoms with Crippen LogP contribution in [-0.4, -0.2) is 38.0 Å². The summed E-state index contributed by atoms with van der Waals surface area (Å²) >= 11 is 8.52. The van der Waals surface area contributed by atoms with E-state index in [9.17, 15) is 9.59 Å². The Balaban J connectivity index is 1.64. The maximum absolute atomic E-state index is 14.2. The Labute approximate surface area is 287 Å². The van der Waals surface area contributed by atoms with Gasteiger partial charge in [-0.05, 0) is 67.8 Å². The number of aromatic nitrogens is 1. The van der Waals surface area contributed by atoms with Gasteiger partial charge in [-0.2, -0.15) is 0 Å². The number of hydrogen-bond donors (Lipinski definition) is 0. The molecule has 4 aromatic rings. The van der Waals surface area contributed by atoms with Gasteiger partial charge in [-0.15, -0.1) is 0 Å². The second-order valence-electron chi connectivity index (χ2n) is 10.1. The molecule has 0 aliphatic carbocycles. The Bertz CT molecular complexity index is 1990.